The highest BCUT2D eigenvalue weighted by Crippen LogP contribution is 2.27. The van der Waals surface area contributed by atoms with Crippen LogP contribution in [-0.4, -0.2) is 23.2 Å². The molecule has 25 heavy (non-hydrogen) atoms. The Morgan fingerprint density at radius 3 is 2.64 bits per heavy atom. The number of carboxylic acid groups (broad SMARTS) is 1. The monoisotopic (exact) mass is 337 g/mol. The van der Waals surface area contributed by atoms with Gasteiger partial charge in [-0.2, -0.15) is 0 Å². The predicted octanol–water partition coefficient (Wildman–Crippen LogP) is 4.42. The molecule has 0 aliphatic rings. The highest BCUT2D eigenvalue weighted by Gasteiger charge is 2.14. The highest BCUT2D eigenvalue weighted by molar-refractivity contribution is 5.88. The fourth-order valence-corrected chi connectivity index (χ4v) is 3.35. The van der Waals surface area contributed by atoms with Gasteiger partial charge < -0.3 is 14.8 Å². The van der Waals surface area contributed by atoms with Crippen molar-refractivity contribution in [3.8, 4) is 0 Å². The summed E-state index contributed by atoms with van der Waals surface area (Å²) in [6.45, 7) is 1.92. The van der Waals surface area contributed by atoms with Crippen LogP contribution < -0.4 is 0 Å². The van der Waals surface area contributed by atoms with E-state index in [2.05, 4.69) is 29.2 Å². The summed E-state index contributed by atoms with van der Waals surface area (Å²) in [4.78, 5) is 14.4. The Labute approximate surface area is 147 Å². The molecule has 4 nitrogen and oxygen atoms in total. The van der Waals surface area contributed by atoms with Gasteiger partial charge in [0.2, 0.25) is 0 Å². The molecule has 3 aromatic rings. The van der Waals surface area contributed by atoms with Crippen molar-refractivity contribution < 1.29 is 14.6 Å². The normalized spacial score (nSPS) is 12.4. The molecule has 3 rings (SSSR count). The molecule has 0 radical (unpaired) electrons. The summed E-state index contributed by atoms with van der Waals surface area (Å²) in [6, 6.07) is 16.4. The minimum atomic E-state index is -0.807. The first-order valence-corrected chi connectivity index (χ1v) is 8.48. The molecule has 0 amide bonds. The molecule has 0 fully saturated rings. The van der Waals surface area contributed by atoms with Gasteiger partial charge in [-0.05, 0) is 48.6 Å². The third kappa shape index (κ3) is 3.91. The lowest BCUT2D eigenvalue weighted by atomic mass is 9.99. The summed E-state index contributed by atoms with van der Waals surface area (Å²) in [5, 5.41) is 10.1. The number of aryl methyl sites for hydroxylation is 2. The average molecular weight is 337 g/mol. The molecule has 0 saturated heterocycles. The van der Waals surface area contributed by atoms with E-state index < -0.39 is 5.97 Å². The third-order valence-corrected chi connectivity index (χ3v) is 4.66. The van der Waals surface area contributed by atoms with Gasteiger partial charge in [-0.25, -0.2) is 0 Å². The number of H-pyrrole nitrogens is 1. The lowest BCUT2D eigenvalue weighted by Gasteiger charge is -2.15. The van der Waals surface area contributed by atoms with Crippen LogP contribution in [0.1, 0.15) is 34.9 Å². The Morgan fingerprint density at radius 2 is 1.96 bits per heavy atom. The van der Waals surface area contributed by atoms with Gasteiger partial charge in [-0.15, -0.1) is 0 Å². The molecule has 0 aliphatic heterocycles. The summed E-state index contributed by atoms with van der Waals surface area (Å²) < 4.78 is 5.64. The number of hydrogen-bond donors (Lipinski definition) is 2. The average Bonchev–Trinajstić information content (AvgIpc) is 2.91. The van der Waals surface area contributed by atoms with Crippen LogP contribution >= 0.6 is 0 Å². The molecule has 2 N–H and O–H groups in total. The number of carboxylic acids is 1. The Kier molecular flexibility index (Phi) is 5.19. The lowest BCUT2D eigenvalue weighted by molar-refractivity contribution is -0.136. The Bertz CT molecular complexity index is 867. The van der Waals surface area contributed by atoms with Crippen LogP contribution in [0.3, 0.4) is 0 Å². The topological polar surface area (TPSA) is 62.3 Å². The SMILES string of the molecule is COC(CCc1ccc2[nH]c(C)c(CC(=O)O)c2c1)c1ccccc1. The van der Waals surface area contributed by atoms with Crippen molar-refractivity contribution in [2.24, 2.45) is 0 Å². The van der Waals surface area contributed by atoms with Crippen LogP contribution in [0.15, 0.2) is 48.5 Å². The third-order valence-electron chi connectivity index (χ3n) is 4.66. The van der Waals surface area contributed by atoms with E-state index in [1.54, 1.807) is 7.11 Å². The molecule has 0 saturated carbocycles. The van der Waals surface area contributed by atoms with Crippen molar-refractivity contribution in [2.75, 3.05) is 7.11 Å². The summed E-state index contributed by atoms with van der Waals surface area (Å²) in [5.41, 5.74) is 5.15. The van der Waals surface area contributed by atoms with E-state index >= 15 is 0 Å². The first-order chi connectivity index (χ1) is 12.1. The number of benzene rings is 2. The summed E-state index contributed by atoms with van der Waals surface area (Å²) >= 11 is 0. The van der Waals surface area contributed by atoms with Crippen molar-refractivity contribution in [3.05, 3.63) is 70.9 Å². The smallest absolute Gasteiger partial charge is 0.307 e. The van der Waals surface area contributed by atoms with Crippen LogP contribution in [-0.2, 0) is 22.4 Å². The van der Waals surface area contributed by atoms with Crippen molar-refractivity contribution in [1.29, 1.82) is 0 Å². The molecule has 1 aromatic heterocycles. The summed E-state index contributed by atoms with van der Waals surface area (Å²) in [7, 11) is 1.74. The fourth-order valence-electron chi connectivity index (χ4n) is 3.35. The zero-order chi connectivity index (χ0) is 17.8. The number of rotatable bonds is 7. The number of aliphatic carboxylic acids is 1. The van der Waals surface area contributed by atoms with Gasteiger partial charge in [-0.3, -0.25) is 4.79 Å². The lowest BCUT2D eigenvalue weighted by Crippen LogP contribution is -2.03. The number of methoxy groups -OCH3 is 1. The van der Waals surface area contributed by atoms with Crippen LogP contribution in [0, 0.1) is 6.92 Å². The molecule has 4 heteroatoms. The molecule has 0 spiro atoms. The van der Waals surface area contributed by atoms with E-state index in [0.29, 0.717) is 0 Å². The van der Waals surface area contributed by atoms with Gasteiger partial charge in [0.1, 0.15) is 0 Å². The minimum Gasteiger partial charge on any atom is -0.481 e. The van der Waals surface area contributed by atoms with Gasteiger partial charge in [0, 0.05) is 23.7 Å². The van der Waals surface area contributed by atoms with E-state index in [0.717, 1.165) is 35.0 Å². The number of fused-ring (bicyclic) bond motifs is 1. The van der Waals surface area contributed by atoms with Gasteiger partial charge in [0.15, 0.2) is 0 Å². The standard InChI is InChI=1S/C21H23NO3/c1-14-17(13-21(23)24)18-12-15(8-10-19(18)22-14)9-11-20(25-2)16-6-4-3-5-7-16/h3-8,10,12,20,22H,9,11,13H2,1-2H3,(H,23,24). The van der Waals surface area contributed by atoms with Crippen LogP contribution in [0.5, 0.6) is 0 Å². The summed E-state index contributed by atoms with van der Waals surface area (Å²) in [6.07, 6.45) is 1.85. The maximum atomic E-state index is 11.1. The first-order valence-electron chi connectivity index (χ1n) is 8.48. The molecular weight excluding hydrogens is 314 g/mol. The van der Waals surface area contributed by atoms with Crippen molar-refractivity contribution in [1.82, 2.24) is 4.98 Å². The largest absolute Gasteiger partial charge is 0.481 e. The minimum absolute atomic E-state index is 0.0417. The Morgan fingerprint density at radius 1 is 1.20 bits per heavy atom. The highest BCUT2D eigenvalue weighted by atomic mass is 16.5. The van der Waals surface area contributed by atoms with E-state index in [-0.39, 0.29) is 12.5 Å². The van der Waals surface area contributed by atoms with Gasteiger partial charge in [-0.1, -0.05) is 36.4 Å². The quantitative estimate of drug-likeness (QED) is 0.671. The molecule has 1 unspecified atom stereocenters. The van der Waals surface area contributed by atoms with Crippen molar-refractivity contribution >= 4 is 16.9 Å². The number of carbonyl (C=O) groups is 1. The van der Waals surface area contributed by atoms with Crippen LogP contribution in [0.25, 0.3) is 10.9 Å². The van der Waals surface area contributed by atoms with E-state index in [9.17, 15) is 4.79 Å². The number of nitrogens with one attached hydrogen (secondary N) is 1. The van der Waals surface area contributed by atoms with Gasteiger partial charge >= 0.3 is 5.97 Å². The maximum absolute atomic E-state index is 11.1. The second kappa shape index (κ2) is 7.53. The fraction of sp³-hybridized carbons (Fsp3) is 0.286. The molecule has 0 aliphatic carbocycles. The summed E-state index contributed by atoms with van der Waals surface area (Å²) in [5.74, 6) is -0.807. The number of hydrogen-bond acceptors (Lipinski definition) is 2. The number of aromatic amines is 1. The zero-order valence-corrected chi connectivity index (χ0v) is 14.6. The van der Waals surface area contributed by atoms with E-state index in [4.69, 9.17) is 9.84 Å². The molecule has 0 bridgehead atoms. The molecule has 130 valence electrons. The maximum Gasteiger partial charge on any atom is 0.307 e. The Balaban J connectivity index is 1.80. The van der Waals surface area contributed by atoms with Crippen molar-refractivity contribution in [2.45, 2.75) is 32.3 Å². The van der Waals surface area contributed by atoms with Gasteiger partial charge in [0.25, 0.3) is 0 Å². The molecule has 1 atom stereocenters. The second-order valence-electron chi connectivity index (χ2n) is 6.35. The molecule has 1 heterocycles. The molecule has 2 aromatic carbocycles. The second-order valence-corrected chi connectivity index (χ2v) is 6.35. The van der Waals surface area contributed by atoms with Gasteiger partial charge in [0.05, 0.1) is 12.5 Å². The van der Waals surface area contributed by atoms with E-state index in [1.165, 1.54) is 11.1 Å². The predicted molar refractivity (Wildman–Crippen MR) is 98.9 cm³/mol. The Hall–Kier alpha value is -2.59. The first kappa shape index (κ1) is 17.2. The van der Waals surface area contributed by atoms with E-state index in [1.807, 2.05) is 31.2 Å². The van der Waals surface area contributed by atoms with Crippen molar-refractivity contribution in [3.63, 3.8) is 0 Å². The number of aromatic nitrogens is 1. The van der Waals surface area contributed by atoms with Crippen LogP contribution in [0.2, 0.25) is 0 Å². The zero-order valence-electron chi connectivity index (χ0n) is 14.6. The number of ether oxygens (including phenoxy) is 1. The van der Waals surface area contributed by atoms with Crippen LogP contribution in [0.4, 0.5) is 0 Å². The molecular formula is C21H23NO3.